The summed E-state index contributed by atoms with van der Waals surface area (Å²) in [7, 11) is 0. The van der Waals surface area contributed by atoms with Crippen LogP contribution in [0.15, 0.2) is 103 Å². The van der Waals surface area contributed by atoms with E-state index >= 15 is 0 Å². The van der Waals surface area contributed by atoms with Crippen molar-refractivity contribution in [2.75, 3.05) is 19.6 Å². The minimum absolute atomic E-state index is 0.0301. The number of hydrogen-bond donors (Lipinski definition) is 3. The molecule has 0 spiro atoms. The lowest BCUT2D eigenvalue weighted by atomic mass is 9.99. The molecule has 0 heterocycles. The Labute approximate surface area is 305 Å². The SMILES string of the molecule is CC(C)(C)OC(=O)NCCCN(C(=O)OCc1ccccc1)[C@@H](Cc1ccc2cc(/C=C/CCNC(=O)OCc3ccccc3)ccc2c1)C(N)=O. The predicted octanol–water partition coefficient (Wildman–Crippen LogP) is 7.12. The standard InChI is InChI=1S/C41H48N4O7/c1-41(2,3)52-39(48)44-23-12-24-45(40(49)51-29-32-16-8-5-9-17-32)36(37(42)46)27-33-19-21-34-25-30(18-20-35(34)26-33)13-10-11-22-43-38(47)50-28-31-14-6-4-7-15-31/h4-10,13-21,25-26,36H,11-12,22-24,27-29H2,1-3H3,(H2,42,46)(H,43,47)(H,44,48)/b13-10+/t36-/m0/s1. The van der Waals surface area contributed by atoms with Gasteiger partial charge in [0.25, 0.3) is 0 Å². The molecule has 4 amide bonds. The number of hydrogen-bond acceptors (Lipinski definition) is 7. The summed E-state index contributed by atoms with van der Waals surface area (Å²) in [6, 6.07) is 29.6. The Bertz CT molecular complexity index is 1810. The lowest BCUT2D eigenvalue weighted by Gasteiger charge is -2.29. The molecule has 11 nitrogen and oxygen atoms in total. The molecule has 0 aliphatic rings. The van der Waals surface area contributed by atoms with Crippen LogP contribution in [0.3, 0.4) is 0 Å². The number of nitrogens with two attached hydrogens (primary N) is 1. The highest BCUT2D eigenvalue weighted by atomic mass is 16.6. The fourth-order valence-electron chi connectivity index (χ4n) is 5.31. The number of carbonyl (C=O) groups excluding carboxylic acids is 4. The van der Waals surface area contributed by atoms with Gasteiger partial charge in [0, 0.05) is 26.1 Å². The highest BCUT2D eigenvalue weighted by Crippen LogP contribution is 2.21. The molecule has 4 aromatic carbocycles. The van der Waals surface area contributed by atoms with Crippen molar-refractivity contribution in [3.8, 4) is 0 Å². The third-order valence-electron chi connectivity index (χ3n) is 7.85. The molecular formula is C41H48N4O7. The maximum Gasteiger partial charge on any atom is 0.410 e. The van der Waals surface area contributed by atoms with Gasteiger partial charge in [-0.05, 0) is 72.7 Å². The molecule has 52 heavy (non-hydrogen) atoms. The van der Waals surface area contributed by atoms with Crippen LogP contribution in [0.5, 0.6) is 0 Å². The Balaban J connectivity index is 1.36. The number of benzene rings is 4. The molecule has 11 heteroatoms. The van der Waals surface area contributed by atoms with Gasteiger partial charge in [0.1, 0.15) is 24.9 Å². The van der Waals surface area contributed by atoms with E-state index < -0.39 is 35.8 Å². The van der Waals surface area contributed by atoms with Gasteiger partial charge in [0.15, 0.2) is 0 Å². The van der Waals surface area contributed by atoms with E-state index in [4.69, 9.17) is 19.9 Å². The van der Waals surface area contributed by atoms with Crippen LogP contribution in [0, 0.1) is 0 Å². The molecular weight excluding hydrogens is 660 g/mol. The summed E-state index contributed by atoms with van der Waals surface area (Å²) in [5.41, 5.74) is 8.79. The molecule has 0 unspecified atom stereocenters. The van der Waals surface area contributed by atoms with Crippen molar-refractivity contribution >= 4 is 41.0 Å². The number of fused-ring (bicyclic) bond motifs is 1. The molecule has 0 bridgehead atoms. The van der Waals surface area contributed by atoms with Crippen molar-refractivity contribution in [2.24, 2.45) is 5.73 Å². The van der Waals surface area contributed by atoms with Crippen LogP contribution in [-0.4, -0.2) is 60.4 Å². The topological polar surface area (TPSA) is 149 Å². The Morgan fingerprint density at radius 3 is 2.02 bits per heavy atom. The van der Waals surface area contributed by atoms with Crippen LogP contribution in [0.4, 0.5) is 14.4 Å². The first kappa shape index (κ1) is 39.0. The lowest BCUT2D eigenvalue weighted by molar-refractivity contribution is -0.122. The molecule has 274 valence electrons. The smallest absolute Gasteiger partial charge is 0.410 e. The van der Waals surface area contributed by atoms with Crippen molar-refractivity contribution in [3.63, 3.8) is 0 Å². The van der Waals surface area contributed by atoms with Gasteiger partial charge < -0.3 is 30.6 Å². The monoisotopic (exact) mass is 708 g/mol. The zero-order valence-electron chi connectivity index (χ0n) is 30.0. The summed E-state index contributed by atoms with van der Waals surface area (Å²) in [5, 5.41) is 7.39. The lowest BCUT2D eigenvalue weighted by Crippen LogP contribution is -2.50. The molecule has 1 atom stereocenters. The number of nitrogens with zero attached hydrogens (tertiary/aromatic N) is 1. The van der Waals surface area contributed by atoms with E-state index in [1.54, 1.807) is 20.8 Å². The Hall–Kier alpha value is -5.84. The largest absolute Gasteiger partial charge is 0.445 e. The molecule has 0 saturated heterocycles. The zero-order valence-corrected chi connectivity index (χ0v) is 30.0. The molecule has 4 rings (SSSR count). The summed E-state index contributed by atoms with van der Waals surface area (Å²) < 4.78 is 16.1. The third-order valence-corrected chi connectivity index (χ3v) is 7.85. The maximum atomic E-state index is 13.4. The zero-order chi connectivity index (χ0) is 37.3. The summed E-state index contributed by atoms with van der Waals surface area (Å²) in [6.45, 7) is 6.34. The van der Waals surface area contributed by atoms with E-state index in [2.05, 4.69) is 10.6 Å². The number of carbonyl (C=O) groups is 4. The number of primary amides is 1. The molecule has 0 saturated carbocycles. The first-order valence-corrected chi connectivity index (χ1v) is 17.3. The van der Waals surface area contributed by atoms with Gasteiger partial charge in [-0.25, -0.2) is 14.4 Å². The van der Waals surface area contributed by atoms with Crippen molar-refractivity contribution in [1.29, 1.82) is 0 Å². The number of alkyl carbamates (subject to hydrolysis) is 2. The van der Waals surface area contributed by atoms with Gasteiger partial charge in [-0.1, -0.05) is 103 Å². The summed E-state index contributed by atoms with van der Waals surface area (Å²) in [4.78, 5) is 51.7. The highest BCUT2D eigenvalue weighted by Gasteiger charge is 2.30. The second-order valence-corrected chi connectivity index (χ2v) is 13.3. The van der Waals surface area contributed by atoms with Crippen LogP contribution in [0.25, 0.3) is 16.8 Å². The second-order valence-electron chi connectivity index (χ2n) is 13.3. The fraction of sp³-hybridized carbons (Fsp3) is 0.317. The Morgan fingerprint density at radius 1 is 0.750 bits per heavy atom. The van der Waals surface area contributed by atoms with E-state index in [1.165, 1.54) is 4.90 Å². The molecule has 0 aliphatic heterocycles. The minimum Gasteiger partial charge on any atom is -0.445 e. The Morgan fingerprint density at radius 2 is 1.37 bits per heavy atom. The van der Waals surface area contributed by atoms with Crippen molar-refractivity contribution in [2.45, 2.75) is 64.9 Å². The fourth-order valence-corrected chi connectivity index (χ4v) is 5.31. The van der Waals surface area contributed by atoms with Crippen molar-refractivity contribution in [1.82, 2.24) is 15.5 Å². The average Bonchev–Trinajstić information content (AvgIpc) is 3.12. The third kappa shape index (κ3) is 13.5. The van der Waals surface area contributed by atoms with Gasteiger partial charge in [0.05, 0.1) is 0 Å². The molecule has 0 aromatic heterocycles. The Kier molecular flexibility index (Phi) is 14.6. The normalized spacial score (nSPS) is 11.8. The number of ether oxygens (including phenoxy) is 3. The average molecular weight is 709 g/mol. The molecule has 0 aliphatic carbocycles. The summed E-state index contributed by atoms with van der Waals surface area (Å²) >= 11 is 0. The summed E-state index contributed by atoms with van der Waals surface area (Å²) in [6.07, 6.45) is 3.41. The van der Waals surface area contributed by atoms with Gasteiger partial charge >= 0.3 is 18.3 Å². The van der Waals surface area contributed by atoms with Crippen LogP contribution in [0.1, 0.15) is 55.9 Å². The summed E-state index contributed by atoms with van der Waals surface area (Å²) in [5.74, 6) is -0.670. The van der Waals surface area contributed by atoms with E-state index in [-0.39, 0.29) is 32.7 Å². The first-order chi connectivity index (χ1) is 25.0. The van der Waals surface area contributed by atoms with Crippen LogP contribution in [0.2, 0.25) is 0 Å². The van der Waals surface area contributed by atoms with Gasteiger partial charge in [-0.15, -0.1) is 0 Å². The quantitative estimate of drug-likeness (QED) is 0.0829. The van der Waals surface area contributed by atoms with E-state index in [9.17, 15) is 19.2 Å². The molecule has 4 aromatic rings. The van der Waals surface area contributed by atoms with E-state index in [1.807, 2.05) is 109 Å². The van der Waals surface area contributed by atoms with Gasteiger partial charge in [-0.3, -0.25) is 9.69 Å². The highest BCUT2D eigenvalue weighted by molar-refractivity contribution is 5.87. The molecule has 0 radical (unpaired) electrons. The number of nitrogens with one attached hydrogen (secondary N) is 2. The van der Waals surface area contributed by atoms with E-state index in [0.29, 0.717) is 19.4 Å². The van der Waals surface area contributed by atoms with Gasteiger partial charge in [-0.2, -0.15) is 0 Å². The van der Waals surface area contributed by atoms with E-state index in [0.717, 1.165) is 33.0 Å². The molecule has 4 N–H and O–H groups in total. The number of rotatable bonds is 16. The number of amides is 4. The predicted molar refractivity (Wildman–Crippen MR) is 201 cm³/mol. The van der Waals surface area contributed by atoms with Crippen molar-refractivity contribution in [3.05, 3.63) is 125 Å². The maximum absolute atomic E-state index is 13.4. The van der Waals surface area contributed by atoms with Gasteiger partial charge in [0.2, 0.25) is 5.91 Å². The van der Waals surface area contributed by atoms with Crippen LogP contribution < -0.4 is 16.4 Å². The minimum atomic E-state index is -0.992. The van der Waals surface area contributed by atoms with Crippen molar-refractivity contribution < 1.29 is 33.4 Å². The first-order valence-electron chi connectivity index (χ1n) is 17.3. The van der Waals surface area contributed by atoms with Crippen LogP contribution >= 0.6 is 0 Å². The second kappa shape index (κ2) is 19.5. The van der Waals surface area contributed by atoms with Crippen LogP contribution in [-0.2, 0) is 38.6 Å². The molecule has 0 fully saturated rings.